The minimum Gasteiger partial charge on any atom is -0.299 e. The summed E-state index contributed by atoms with van der Waals surface area (Å²) in [7, 11) is 1.47. The van der Waals surface area contributed by atoms with Gasteiger partial charge in [-0.1, -0.05) is 6.07 Å². The minimum absolute atomic E-state index is 0.0467. The molecule has 0 atom stereocenters. The molecule has 0 aliphatic heterocycles. The van der Waals surface area contributed by atoms with Crippen LogP contribution >= 0.6 is 11.8 Å². The number of nitrogens with one attached hydrogen (secondary N) is 1. The van der Waals surface area contributed by atoms with Crippen molar-refractivity contribution in [1.29, 1.82) is 0 Å². The second kappa shape index (κ2) is 6.27. The maximum atomic E-state index is 12.8. The number of thioether (sulfide) groups is 1. The fourth-order valence-electron chi connectivity index (χ4n) is 2.35. The number of carbonyl (C=O) groups excluding carboxylic acids is 1. The summed E-state index contributed by atoms with van der Waals surface area (Å²) in [4.78, 5) is 24.7. The summed E-state index contributed by atoms with van der Waals surface area (Å²) in [6, 6.07) is 2.97. The molecular formula is C15H15F3N2O2S. The number of halogens is 3. The first-order chi connectivity index (χ1) is 10.7. The summed E-state index contributed by atoms with van der Waals surface area (Å²) in [6.07, 6.45) is -2.75. The van der Waals surface area contributed by atoms with Gasteiger partial charge in [0.2, 0.25) is 5.78 Å². The average Bonchev–Trinajstić information content (AvgIpc) is 2.71. The molecule has 0 aliphatic rings. The molecule has 0 fully saturated rings. The first-order valence-corrected chi connectivity index (χ1v) is 8.05. The quantitative estimate of drug-likeness (QED) is 0.867. The Morgan fingerprint density at radius 2 is 2.00 bits per heavy atom. The van der Waals surface area contributed by atoms with Crippen LogP contribution in [0.15, 0.2) is 23.0 Å². The van der Waals surface area contributed by atoms with Crippen molar-refractivity contribution in [3.8, 4) is 0 Å². The Morgan fingerprint density at radius 3 is 2.48 bits per heavy atom. The summed E-state index contributed by atoms with van der Waals surface area (Å²) >= 11 is 1.30. The number of rotatable bonds is 4. The maximum Gasteiger partial charge on any atom is 0.416 e. The van der Waals surface area contributed by atoms with Gasteiger partial charge in [0.25, 0.3) is 5.56 Å². The molecule has 0 amide bonds. The van der Waals surface area contributed by atoms with Gasteiger partial charge in [-0.2, -0.15) is 24.9 Å². The Kier molecular flexibility index (Phi) is 4.74. The van der Waals surface area contributed by atoms with E-state index in [9.17, 15) is 22.8 Å². The molecule has 4 nitrogen and oxygen atoms in total. The number of ketones is 1. The Hall–Kier alpha value is -1.96. The van der Waals surface area contributed by atoms with Gasteiger partial charge in [-0.25, -0.2) is 0 Å². The monoisotopic (exact) mass is 344 g/mol. The highest BCUT2D eigenvalue weighted by Gasteiger charge is 2.32. The number of hydrogen-bond acceptors (Lipinski definition) is 3. The van der Waals surface area contributed by atoms with Crippen molar-refractivity contribution in [2.75, 3.05) is 6.26 Å². The van der Waals surface area contributed by atoms with Crippen LogP contribution in [0, 0.1) is 6.92 Å². The summed E-state index contributed by atoms with van der Waals surface area (Å²) in [5.41, 5.74) is -0.585. The summed E-state index contributed by atoms with van der Waals surface area (Å²) in [5, 5.41) is 2.71. The van der Waals surface area contributed by atoms with Gasteiger partial charge in [-0.15, -0.1) is 0 Å². The smallest absolute Gasteiger partial charge is 0.299 e. The lowest BCUT2D eigenvalue weighted by Crippen LogP contribution is -2.20. The van der Waals surface area contributed by atoms with E-state index in [1.807, 2.05) is 0 Å². The van der Waals surface area contributed by atoms with Crippen molar-refractivity contribution < 1.29 is 18.0 Å². The molecule has 1 heterocycles. The van der Waals surface area contributed by atoms with Crippen LogP contribution in [0.2, 0.25) is 0 Å². The van der Waals surface area contributed by atoms with Gasteiger partial charge in [0.15, 0.2) is 0 Å². The van der Waals surface area contributed by atoms with Gasteiger partial charge in [-0.05, 0) is 30.9 Å². The highest BCUT2D eigenvalue weighted by Crippen LogP contribution is 2.32. The zero-order chi connectivity index (χ0) is 17.4. The molecule has 2 rings (SSSR count). The third-order valence-electron chi connectivity index (χ3n) is 3.43. The van der Waals surface area contributed by atoms with E-state index in [1.54, 1.807) is 13.2 Å². The summed E-state index contributed by atoms with van der Waals surface area (Å²) < 4.78 is 39.7. The number of aromatic amines is 1. The van der Waals surface area contributed by atoms with Gasteiger partial charge in [0, 0.05) is 24.1 Å². The fraction of sp³-hybridized carbons (Fsp3) is 0.333. The third kappa shape index (κ3) is 3.36. The van der Waals surface area contributed by atoms with E-state index in [0.717, 1.165) is 18.2 Å². The molecule has 8 heteroatoms. The largest absolute Gasteiger partial charge is 0.416 e. The number of aryl methyl sites for hydroxylation is 2. The first-order valence-electron chi connectivity index (χ1n) is 6.66. The zero-order valence-electron chi connectivity index (χ0n) is 12.7. The second-order valence-corrected chi connectivity index (χ2v) is 5.97. The molecule has 0 spiro atoms. The second-order valence-electron chi connectivity index (χ2n) is 5.11. The topological polar surface area (TPSA) is 54.9 Å². The molecule has 1 aromatic heterocycles. The number of aromatic nitrogens is 2. The molecule has 0 aliphatic carbocycles. The standard InChI is InChI=1S/C15H15F3N2O2S/c1-8-12(14(22)20(2)19-8)13(21)11-5-4-10(15(16,17)18)6-9(11)7-23-3/h4-6,19H,7H2,1-3H3. The van der Waals surface area contributed by atoms with Gasteiger partial charge in [-0.3, -0.25) is 19.4 Å². The molecule has 0 saturated carbocycles. The van der Waals surface area contributed by atoms with E-state index in [-0.39, 0.29) is 22.4 Å². The number of alkyl halides is 3. The van der Waals surface area contributed by atoms with Gasteiger partial charge < -0.3 is 0 Å². The lowest BCUT2D eigenvalue weighted by molar-refractivity contribution is -0.137. The Bertz CT molecular complexity index is 806. The van der Waals surface area contributed by atoms with Crippen molar-refractivity contribution in [2.45, 2.75) is 18.9 Å². The van der Waals surface area contributed by atoms with Crippen LogP contribution in [-0.2, 0) is 19.0 Å². The Balaban J connectivity index is 2.58. The number of H-pyrrole nitrogens is 1. The highest BCUT2D eigenvalue weighted by molar-refractivity contribution is 7.97. The van der Waals surface area contributed by atoms with Gasteiger partial charge in [0.05, 0.1) is 5.56 Å². The van der Waals surface area contributed by atoms with Crippen LogP contribution in [0.1, 0.15) is 32.7 Å². The molecule has 1 N–H and O–H groups in total. The predicted octanol–water partition coefficient (Wildman–Crippen LogP) is 3.13. The van der Waals surface area contributed by atoms with Crippen molar-refractivity contribution in [1.82, 2.24) is 9.78 Å². The van der Waals surface area contributed by atoms with Crippen LogP contribution in [0.25, 0.3) is 0 Å². The van der Waals surface area contributed by atoms with Crippen LogP contribution in [-0.4, -0.2) is 21.8 Å². The van der Waals surface area contributed by atoms with E-state index in [4.69, 9.17) is 0 Å². The normalized spacial score (nSPS) is 11.7. The van der Waals surface area contributed by atoms with E-state index in [2.05, 4.69) is 5.10 Å². The SMILES string of the molecule is CSCc1cc(C(F)(F)F)ccc1C(=O)c1c(C)[nH]n(C)c1=O. The van der Waals surface area contributed by atoms with Crippen molar-refractivity contribution in [3.63, 3.8) is 0 Å². The van der Waals surface area contributed by atoms with Crippen LogP contribution < -0.4 is 5.56 Å². The van der Waals surface area contributed by atoms with Gasteiger partial charge >= 0.3 is 6.18 Å². The number of nitrogens with zero attached hydrogens (tertiary/aromatic N) is 1. The van der Waals surface area contributed by atoms with Crippen molar-refractivity contribution >= 4 is 17.5 Å². The van der Waals surface area contributed by atoms with Crippen molar-refractivity contribution in [3.05, 3.63) is 56.5 Å². The molecule has 2 aromatic rings. The van der Waals surface area contributed by atoms with Crippen LogP contribution in [0.4, 0.5) is 13.2 Å². The van der Waals surface area contributed by atoms with Crippen molar-refractivity contribution in [2.24, 2.45) is 7.05 Å². The molecule has 124 valence electrons. The lowest BCUT2D eigenvalue weighted by Gasteiger charge is -2.12. The van der Waals surface area contributed by atoms with E-state index in [0.29, 0.717) is 5.69 Å². The summed E-state index contributed by atoms with van der Waals surface area (Å²) in [5.74, 6) is -0.323. The van der Waals surface area contributed by atoms with E-state index in [1.165, 1.54) is 23.5 Å². The Morgan fingerprint density at radius 1 is 1.35 bits per heavy atom. The fourth-order valence-corrected chi connectivity index (χ4v) is 2.90. The zero-order valence-corrected chi connectivity index (χ0v) is 13.6. The van der Waals surface area contributed by atoms with Gasteiger partial charge in [0.1, 0.15) is 5.56 Å². The van der Waals surface area contributed by atoms with E-state index >= 15 is 0 Å². The molecular weight excluding hydrogens is 329 g/mol. The molecule has 0 saturated heterocycles. The molecule has 0 radical (unpaired) electrons. The third-order valence-corrected chi connectivity index (χ3v) is 4.03. The molecule has 1 aromatic carbocycles. The van der Waals surface area contributed by atoms with E-state index < -0.39 is 23.1 Å². The van der Waals surface area contributed by atoms with Crippen LogP contribution in [0.3, 0.4) is 0 Å². The minimum atomic E-state index is -4.48. The maximum absolute atomic E-state index is 12.8. The number of carbonyl (C=O) groups is 1. The first kappa shape index (κ1) is 17.4. The number of benzene rings is 1. The predicted molar refractivity (Wildman–Crippen MR) is 82.9 cm³/mol. The highest BCUT2D eigenvalue weighted by atomic mass is 32.2. The molecule has 23 heavy (non-hydrogen) atoms. The van der Waals surface area contributed by atoms with Crippen LogP contribution in [0.5, 0.6) is 0 Å². The average molecular weight is 344 g/mol. The lowest BCUT2D eigenvalue weighted by atomic mass is 9.97. The molecule has 0 unspecified atom stereocenters. The number of hydrogen-bond donors (Lipinski definition) is 1. The Labute approximate surface area is 134 Å². The summed E-state index contributed by atoms with van der Waals surface area (Å²) in [6.45, 7) is 1.58. The molecule has 0 bridgehead atoms.